The minimum absolute atomic E-state index is 0.741. The van der Waals surface area contributed by atoms with E-state index in [-0.39, 0.29) is 0 Å². The van der Waals surface area contributed by atoms with Crippen molar-refractivity contribution in [3.63, 3.8) is 0 Å². The van der Waals surface area contributed by atoms with Gasteiger partial charge in [-0.05, 0) is 45.2 Å². The van der Waals surface area contributed by atoms with Crippen molar-refractivity contribution < 1.29 is 4.74 Å². The van der Waals surface area contributed by atoms with E-state index in [2.05, 4.69) is 177 Å². The number of hydrogen-bond acceptors (Lipinski definition) is 2. The zero-order chi connectivity index (χ0) is 32.2. The lowest BCUT2D eigenvalue weighted by Gasteiger charge is -2.35. The summed E-state index contributed by atoms with van der Waals surface area (Å²) in [6, 6.07) is 52.1. The molecule has 0 bridgehead atoms. The molecule has 0 spiro atoms. The van der Waals surface area contributed by atoms with E-state index in [1.54, 1.807) is 0 Å². The van der Waals surface area contributed by atoms with E-state index in [0.29, 0.717) is 0 Å². The molecule has 3 nitrogen and oxygen atoms in total. The zero-order valence-electron chi connectivity index (χ0n) is 27.2. The molecule has 0 fully saturated rings. The Bertz CT molecular complexity index is 1800. The van der Waals surface area contributed by atoms with Crippen LogP contribution < -0.4 is 26.0 Å². The Morgan fingerprint density at radius 3 is 1.98 bits per heavy atom. The van der Waals surface area contributed by atoms with Crippen molar-refractivity contribution in [2.45, 2.75) is 38.8 Å². The SMILES string of the molecule is CCCCCCOc1cccc([Si](Cn2ccnc2[B]C(=Cc2ccccc2)c2ccccc2)(c2ccccc2)c2ccccc2)c1. The molecule has 0 amide bonds. The minimum Gasteiger partial charge on any atom is -0.494 e. The van der Waals surface area contributed by atoms with Crippen LogP contribution in [0.15, 0.2) is 158 Å². The highest BCUT2D eigenvalue weighted by molar-refractivity contribution is 7.10. The maximum atomic E-state index is 6.37. The second-order valence-corrected chi connectivity index (χ2v) is 15.9. The van der Waals surface area contributed by atoms with Crippen molar-refractivity contribution in [2.75, 3.05) is 6.61 Å². The molecule has 0 saturated heterocycles. The van der Waals surface area contributed by atoms with E-state index in [9.17, 15) is 0 Å². The summed E-state index contributed by atoms with van der Waals surface area (Å²) in [6.45, 7) is 2.98. The van der Waals surface area contributed by atoms with Crippen LogP contribution in [-0.4, -0.2) is 31.5 Å². The molecule has 1 radical (unpaired) electrons. The largest absolute Gasteiger partial charge is 0.494 e. The summed E-state index contributed by atoms with van der Waals surface area (Å²) in [5.74, 6) is 0.942. The Hall–Kier alpha value is -4.87. The lowest BCUT2D eigenvalue weighted by molar-refractivity contribution is 0.305. The molecule has 0 aliphatic carbocycles. The average molecular weight is 630 g/mol. The van der Waals surface area contributed by atoms with Crippen molar-refractivity contribution in [2.24, 2.45) is 0 Å². The van der Waals surface area contributed by atoms with Crippen LogP contribution in [0, 0.1) is 0 Å². The average Bonchev–Trinajstić information content (AvgIpc) is 3.58. The van der Waals surface area contributed by atoms with Gasteiger partial charge in [-0.2, -0.15) is 0 Å². The van der Waals surface area contributed by atoms with Gasteiger partial charge in [0.05, 0.1) is 12.3 Å². The summed E-state index contributed by atoms with van der Waals surface area (Å²) in [7, 11) is -0.423. The van der Waals surface area contributed by atoms with Gasteiger partial charge in [0, 0.05) is 18.6 Å². The van der Waals surface area contributed by atoms with Crippen LogP contribution in [0.5, 0.6) is 5.75 Å². The number of unbranched alkanes of at least 4 members (excludes halogenated alkanes) is 3. The number of ether oxygens (including phenoxy) is 1. The molecule has 0 aliphatic heterocycles. The van der Waals surface area contributed by atoms with Crippen molar-refractivity contribution >= 4 is 48.2 Å². The lowest BCUT2D eigenvalue weighted by atomic mass is 9.65. The van der Waals surface area contributed by atoms with E-state index in [1.807, 2.05) is 6.20 Å². The number of nitrogens with zero attached hydrogens (tertiary/aromatic N) is 2. The van der Waals surface area contributed by atoms with Gasteiger partial charge in [0.2, 0.25) is 7.28 Å². The first-order valence-corrected chi connectivity index (χ1v) is 19.0. The van der Waals surface area contributed by atoms with Gasteiger partial charge < -0.3 is 9.30 Å². The third-order valence-electron chi connectivity index (χ3n) is 8.80. The lowest BCUT2D eigenvalue weighted by Crippen LogP contribution is -2.70. The Labute approximate surface area is 281 Å². The first-order valence-electron chi connectivity index (χ1n) is 16.8. The molecule has 6 rings (SSSR count). The van der Waals surface area contributed by atoms with Gasteiger partial charge in [0.1, 0.15) is 5.75 Å². The van der Waals surface area contributed by atoms with Gasteiger partial charge in [0.25, 0.3) is 0 Å². The minimum atomic E-state index is -2.65. The molecule has 1 aromatic heterocycles. The highest BCUT2D eigenvalue weighted by Crippen LogP contribution is 2.19. The summed E-state index contributed by atoms with van der Waals surface area (Å²) in [6.07, 6.45) is 11.9. The van der Waals surface area contributed by atoms with Crippen molar-refractivity contribution in [3.8, 4) is 5.75 Å². The van der Waals surface area contributed by atoms with E-state index < -0.39 is 8.07 Å². The van der Waals surface area contributed by atoms with Gasteiger partial charge in [0.15, 0.2) is 8.07 Å². The normalized spacial score (nSPS) is 11.7. The van der Waals surface area contributed by atoms with E-state index >= 15 is 0 Å². The Morgan fingerprint density at radius 1 is 0.702 bits per heavy atom. The first-order chi connectivity index (χ1) is 23.3. The molecule has 5 heteroatoms. The fourth-order valence-corrected chi connectivity index (χ4v) is 11.0. The monoisotopic (exact) mass is 629 g/mol. The maximum Gasteiger partial charge on any atom is 0.241 e. The smallest absolute Gasteiger partial charge is 0.241 e. The molecule has 6 aromatic rings. The Morgan fingerprint density at radius 2 is 1.32 bits per heavy atom. The van der Waals surface area contributed by atoms with E-state index in [0.717, 1.165) is 47.3 Å². The van der Waals surface area contributed by atoms with E-state index in [1.165, 1.54) is 34.8 Å². The van der Waals surface area contributed by atoms with Crippen LogP contribution in [0.3, 0.4) is 0 Å². The standard InChI is InChI=1S/C42H42BN2OSi/c1-2-3-4-17-31-46-37-23-18-28-40(33-37)47(38-24-13-7-14-25-38,39-26-15-8-16-27-39)34-45-30-29-44-42(45)43-41(36-21-11-6-12-22-36)32-35-19-9-5-10-20-35/h5-16,18-30,32-33H,2-4,17,31,34H2,1H3. The highest BCUT2D eigenvalue weighted by Gasteiger charge is 2.40. The quantitative estimate of drug-likeness (QED) is 0.0526. The molecule has 0 unspecified atom stereocenters. The molecule has 0 saturated carbocycles. The highest BCUT2D eigenvalue weighted by atomic mass is 28.3. The second kappa shape index (κ2) is 16.1. The van der Waals surface area contributed by atoms with Gasteiger partial charge in [-0.3, -0.25) is 4.98 Å². The zero-order valence-corrected chi connectivity index (χ0v) is 28.2. The molecule has 47 heavy (non-hydrogen) atoms. The fourth-order valence-electron chi connectivity index (χ4n) is 6.35. The van der Waals surface area contributed by atoms with Crippen LogP contribution in [0.1, 0.15) is 43.7 Å². The third kappa shape index (κ3) is 7.93. The van der Waals surface area contributed by atoms with Crippen molar-refractivity contribution in [1.82, 2.24) is 9.55 Å². The third-order valence-corrected chi connectivity index (χ3v) is 13.5. The van der Waals surface area contributed by atoms with Crippen LogP contribution in [0.4, 0.5) is 0 Å². The molecule has 233 valence electrons. The van der Waals surface area contributed by atoms with E-state index in [4.69, 9.17) is 9.72 Å². The van der Waals surface area contributed by atoms with Crippen LogP contribution in [0.25, 0.3) is 11.5 Å². The van der Waals surface area contributed by atoms with Crippen LogP contribution in [0.2, 0.25) is 0 Å². The molecule has 5 aromatic carbocycles. The van der Waals surface area contributed by atoms with Crippen molar-refractivity contribution in [3.05, 3.63) is 169 Å². The summed E-state index contributed by atoms with van der Waals surface area (Å²) in [4.78, 5) is 4.93. The van der Waals surface area contributed by atoms with Gasteiger partial charge in [-0.15, -0.1) is 0 Å². The Kier molecular flexibility index (Phi) is 11.0. The number of hydrogen-bond donors (Lipinski definition) is 0. The number of imidazole rings is 1. The molecular formula is C42H42BN2OSi. The second-order valence-electron chi connectivity index (χ2n) is 12.0. The number of benzene rings is 5. The number of rotatable bonds is 15. The summed E-state index contributed by atoms with van der Waals surface area (Å²) >= 11 is 0. The maximum absolute atomic E-state index is 6.37. The predicted molar refractivity (Wildman–Crippen MR) is 202 cm³/mol. The molecule has 1 heterocycles. The summed E-state index contributed by atoms with van der Waals surface area (Å²) in [5, 5.41) is 4.03. The van der Waals surface area contributed by atoms with Gasteiger partial charge >= 0.3 is 0 Å². The summed E-state index contributed by atoms with van der Waals surface area (Å²) in [5.41, 5.74) is 4.37. The fraction of sp³-hybridized carbons (Fsp3) is 0.167. The molecule has 0 N–H and O–H groups in total. The number of aromatic nitrogens is 2. The summed E-state index contributed by atoms with van der Waals surface area (Å²) < 4.78 is 8.72. The topological polar surface area (TPSA) is 27.1 Å². The van der Waals surface area contributed by atoms with Crippen molar-refractivity contribution in [1.29, 1.82) is 0 Å². The van der Waals surface area contributed by atoms with Crippen LogP contribution in [-0.2, 0) is 6.17 Å². The molecule has 0 aliphatic rings. The molecule has 0 atom stereocenters. The van der Waals surface area contributed by atoms with Crippen LogP contribution >= 0.6 is 0 Å². The van der Waals surface area contributed by atoms with Gasteiger partial charge in [-0.1, -0.05) is 171 Å². The first kappa shape index (κ1) is 32.1. The Balaban J connectivity index is 1.43. The predicted octanol–water partition coefficient (Wildman–Crippen LogP) is 7.08. The van der Waals surface area contributed by atoms with Gasteiger partial charge in [-0.25, -0.2) is 0 Å². The molecular weight excluding hydrogens is 587 g/mol.